The molecule has 6 nitrogen and oxygen atoms in total. The first-order valence-corrected chi connectivity index (χ1v) is 8.13. The molecule has 0 N–H and O–H groups in total. The molecule has 1 atom stereocenters. The Morgan fingerprint density at radius 2 is 1.92 bits per heavy atom. The summed E-state index contributed by atoms with van der Waals surface area (Å²) in [5.74, 6) is 0.960. The number of hydrogen-bond acceptors (Lipinski definition) is 7. The summed E-state index contributed by atoms with van der Waals surface area (Å²) in [6.07, 6.45) is -0.626. The van der Waals surface area contributed by atoms with Crippen molar-refractivity contribution in [1.82, 2.24) is 10.2 Å². The Hall–Kier alpha value is -2.67. The fraction of sp³-hybridized carbons (Fsp3) is 0.235. The lowest BCUT2D eigenvalue weighted by molar-refractivity contribution is 0.0285. The van der Waals surface area contributed by atoms with Crippen molar-refractivity contribution in [3.63, 3.8) is 0 Å². The number of thiophene rings is 1. The van der Waals surface area contributed by atoms with Crippen LogP contribution in [0.2, 0.25) is 0 Å². The van der Waals surface area contributed by atoms with Crippen LogP contribution < -0.4 is 4.74 Å². The number of aryl methyl sites for hydroxylation is 1. The maximum absolute atomic E-state index is 12.1. The molecule has 0 saturated heterocycles. The molecule has 0 spiro atoms. The quantitative estimate of drug-likeness (QED) is 0.651. The van der Waals surface area contributed by atoms with E-state index in [2.05, 4.69) is 10.2 Å². The van der Waals surface area contributed by atoms with Gasteiger partial charge in [-0.05, 0) is 50.2 Å². The molecule has 0 unspecified atom stereocenters. The second-order valence-corrected chi connectivity index (χ2v) is 6.42. The number of benzene rings is 1. The number of methoxy groups -OCH3 is 1. The van der Waals surface area contributed by atoms with Crippen LogP contribution in [0.25, 0.3) is 11.5 Å². The minimum Gasteiger partial charge on any atom is -0.497 e. The molecule has 1 aromatic carbocycles. The lowest BCUT2D eigenvalue weighted by atomic mass is 10.2. The number of ether oxygens (including phenoxy) is 2. The number of carbonyl (C=O) groups is 1. The summed E-state index contributed by atoms with van der Waals surface area (Å²) < 4.78 is 16.1. The van der Waals surface area contributed by atoms with Crippen LogP contribution in [-0.2, 0) is 4.74 Å². The summed E-state index contributed by atoms with van der Waals surface area (Å²) in [4.78, 5) is 13.7. The predicted molar refractivity (Wildman–Crippen MR) is 89.2 cm³/mol. The molecule has 7 heteroatoms. The standard InChI is InChI=1S/C17H16N2O4S/c1-10-4-9-14(24-10)17(20)22-11(2)15-18-19-16(23-15)12-5-7-13(21-3)8-6-12/h4-9,11H,1-3H3/t11-/m0/s1. The number of nitrogens with zero attached hydrogens (tertiary/aromatic N) is 2. The van der Waals surface area contributed by atoms with Crippen LogP contribution >= 0.6 is 11.3 Å². The van der Waals surface area contributed by atoms with Crippen molar-refractivity contribution in [2.45, 2.75) is 20.0 Å². The summed E-state index contributed by atoms with van der Waals surface area (Å²) in [6, 6.07) is 10.9. The average molecular weight is 344 g/mol. The van der Waals surface area contributed by atoms with E-state index < -0.39 is 12.1 Å². The zero-order chi connectivity index (χ0) is 17.1. The molecule has 2 aromatic heterocycles. The minimum atomic E-state index is -0.626. The highest BCUT2D eigenvalue weighted by atomic mass is 32.1. The molecule has 0 aliphatic heterocycles. The normalized spacial score (nSPS) is 12.0. The largest absolute Gasteiger partial charge is 0.497 e. The van der Waals surface area contributed by atoms with Gasteiger partial charge in [0, 0.05) is 10.4 Å². The molecular weight excluding hydrogens is 328 g/mol. The van der Waals surface area contributed by atoms with E-state index in [0.29, 0.717) is 10.8 Å². The van der Waals surface area contributed by atoms with Gasteiger partial charge >= 0.3 is 5.97 Å². The van der Waals surface area contributed by atoms with Crippen molar-refractivity contribution in [2.75, 3.05) is 7.11 Å². The summed E-state index contributed by atoms with van der Waals surface area (Å²) in [7, 11) is 1.60. The zero-order valence-electron chi connectivity index (χ0n) is 13.5. The predicted octanol–water partition coefficient (Wildman–Crippen LogP) is 4.03. The highest BCUT2D eigenvalue weighted by Gasteiger charge is 2.20. The monoisotopic (exact) mass is 344 g/mol. The Morgan fingerprint density at radius 3 is 2.54 bits per heavy atom. The van der Waals surface area contributed by atoms with Gasteiger partial charge in [0.2, 0.25) is 5.89 Å². The maximum Gasteiger partial charge on any atom is 0.349 e. The smallest absolute Gasteiger partial charge is 0.349 e. The van der Waals surface area contributed by atoms with Crippen LogP contribution in [0.15, 0.2) is 40.8 Å². The lowest BCUT2D eigenvalue weighted by Gasteiger charge is -2.07. The Bertz CT molecular complexity index is 838. The van der Waals surface area contributed by atoms with Crippen LogP contribution in [0.3, 0.4) is 0 Å². The van der Waals surface area contributed by atoms with Gasteiger partial charge in [0.05, 0.1) is 7.11 Å². The first-order valence-electron chi connectivity index (χ1n) is 7.32. The SMILES string of the molecule is COc1ccc(-c2nnc([C@H](C)OC(=O)c3ccc(C)s3)o2)cc1. The summed E-state index contributed by atoms with van der Waals surface area (Å²) in [5.41, 5.74) is 0.766. The minimum absolute atomic E-state index is 0.252. The first kappa shape index (κ1) is 16.2. The van der Waals surface area contributed by atoms with Crippen molar-refractivity contribution < 1.29 is 18.7 Å². The van der Waals surface area contributed by atoms with Gasteiger partial charge in [-0.1, -0.05) is 0 Å². The van der Waals surface area contributed by atoms with Gasteiger partial charge in [0.1, 0.15) is 10.6 Å². The lowest BCUT2D eigenvalue weighted by Crippen LogP contribution is -2.08. The molecule has 3 aromatic rings. The Morgan fingerprint density at radius 1 is 1.17 bits per heavy atom. The number of aromatic nitrogens is 2. The van der Waals surface area contributed by atoms with E-state index in [9.17, 15) is 4.79 Å². The Kier molecular flexibility index (Phi) is 4.61. The zero-order valence-corrected chi connectivity index (χ0v) is 14.3. The van der Waals surface area contributed by atoms with E-state index >= 15 is 0 Å². The molecule has 0 saturated carbocycles. The average Bonchev–Trinajstić information content (AvgIpc) is 3.24. The van der Waals surface area contributed by atoms with Crippen LogP contribution in [0.4, 0.5) is 0 Å². The van der Waals surface area contributed by atoms with Gasteiger partial charge in [-0.25, -0.2) is 4.79 Å². The van der Waals surface area contributed by atoms with Crippen LogP contribution in [-0.4, -0.2) is 23.3 Å². The van der Waals surface area contributed by atoms with Gasteiger partial charge < -0.3 is 13.9 Å². The van der Waals surface area contributed by atoms with E-state index in [4.69, 9.17) is 13.9 Å². The van der Waals surface area contributed by atoms with Crippen LogP contribution in [0.5, 0.6) is 5.75 Å². The van der Waals surface area contributed by atoms with Crippen molar-refractivity contribution in [2.24, 2.45) is 0 Å². The van der Waals surface area contributed by atoms with Crippen LogP contribution in [0, 0.1) is 6.92 Å². The molecule has 0 amide bonds. The molecule has 0 bridgehead atoms. The summed E-state index contributed by atoms with van der Waals surface area (Å²) >= 11 is 1.39. The van der Waals surface area contributed by atoms with Crippen LogP contribution in [0.1, 0.15) is 33.5 Å². The van der Waals surface area contributed by atoms with E-state index in [1.807, 2.05) is 37.3 Å². The molecule has 24 heavy (non-hydrogen) atoms. The number of carbonyl (C=O) groups excluding carboxylic acids is 1. The second kappa shape index (κ2) is 6.84. The Labute approximate surface area is 143 Å². The molecule has 0 aliphatic rings. The van der Waals surface area contributed by atoms with Crippen molar-refractivity contribution >= 4 is 17.3 Å². The molecule has 0 radical (unpaired) electrons. The third-order valence-electron chi connectivity index (χ3n) is 3.35. The molecule has 0 fully saturated rings. The third-order valence-corrected chi connectivity index (χ3v) is 4.33. The number of rotatable bonds is 5. The fourth-order valence-corrected chi connectivity index (χ4v) is 2.81. The summed E-state index contributed by atoms with van der Waals surface area (Å²) in [6.45, 7) is 3.63. The number of hydrogen-bond donors (Lipinski definition) is 0. The first-order chi connectivity index (χ1) is 11.6. The van der Waals surface area contributed by atoms with Gasteiger partial charge in [-0.15, -0.1) is 21.5 Å². The highest BCUT2D eigenvalue weighted by molar-refractivity contribution is 7.13. The van der Waals surface area contributed by atoms with E-state index in [1.54, 1.807) is 20.1 Å². The highest BCUT2D eigenvalue weighted by Crippen LogP contribution is 2.25. The fourth-order valence-electron chi connectivity index (χ4n) is 2.06. The maximum atomic E-state index is 12.1. The van der Waals surface area contributed by atoms with Crippen molar-refractivity contribution in [3.8, 4) is 17.2 Å². The Balaban J connectivity index is 1.71. The molecular formula is C17H16N2O4S. The van der Waals surface area contributed by atoms with Crippen molar-refractivity contribution in [3.05, 3.63) is 52.0 Å². The van der Waals surface area contributed by atoms with E-state index in [0.717, 1.165) is 16.2 Å². The molecule has 2 heterocycles. The van der Waals surface area contributed by atoms with Gasteiger partial charge in [0.15, 0.2) is 6.10 Å². The second-order valence-electron chi connectivity index (χ2n) is 5.13. The van der Waals surface area contributed by atoms with E-state index in [-0.39, 0.29) is 5.89 Å². The van der Waals surface area contributed by atoms with Gasteiger partial charge in [-0.2, -0.15) is 0 Å². The molecule has 124 valence electrons. The molecule has 0 aliphatic carbocycles. The van der Waals surface area contributed by atoms with E-state index in [1.165, 1.54) is 11.3 Å². The number of esters is 1. The summed E-state index contributed by atoms with van der Waals surface area (Å²) in [5, 5.41) is 7.97. The van der Waals surface area contributed by atoms with Crippen molar-refractivity contribution in [1.29, 1.82) is 0 Å². The topological polar surface area (TPSA) is 74.5 Å². The third kappa shape index (κ3) is 3.46. The van der Waals surface area contributed by atoms with Gasteiger partial charge in [0.25, 0.3) is 5.89 Å². The van der Waals surface area contributed by atoms with Gasteiger partial charge in [-0.3, -0.25) is 0 Å². The molecule has 3 rings (SSSR count).